The quantitative estimate of drug-likeness (QED) is 0.811. The molecular weight excluding hydrogens is 300 g/mol. The summed E-state index contributed by atoms with van der Waals surface area (Å²) in [5.74, 6) is 0.623. The summed E-state index contributed by atoms with van der Waals surface area (Å²) in [6, 6.07) is 7.62. The van der Waals surface area contributed by atoms with Crippen LogP contribution in [0, 0.1) is 5.92 Å². The zero-order valence-electron chi connectivity index (χ0n) is 13.1. The van der Waals surface area contributed by atoms with Crippen molar-refractivity contribution in [1.29, 1.82) is 0 Å². The van der Waals surface area contributed by atoms with Gasteiger partial charge in [0.1, 0.15) is 0 Å². The third-order valence-electron chi connectivity index (χ3n) is 4.15. The van der Waals surface area contributed by atoms with Gasteiger partial charge in [-0.1, -0.05) is 23.7 Å². The van der Waals surface area contributed by atoms with Gasteiger partial charge in [-0.2, -0.15) is 0 Å². The second kappa shape index (κ2) is 9.13. The normalized spacial score (nSPS) is 17.2. The van der Waals surface area contributed by atoms with Gasteiger partial charge in [0.15, 0.2) is 0 Å². The maximum absolute atomic E-state index is 12.3. The van der Waals surface area contributed by atoms with Crippen LogP contribution in [0.3, 0.4) is 0 Å². The number of hydrogen-bond donors (Lipinski definition) is 2. The molecule has 1 unspecified atom stereocenters. The minimum Gasteiger partial charge on any atom is -0.385 e. The van der Waals surface area contributed by atoms with E-state index < -0.39 is 0 Å². The summed E-state index contributed by atoms with van der Waals surface area (Å²) in [6.45, 7) is 2.64. The Morgan fingerprint density at radius 3 is 2.68 bits per heavy atom. The second-order valence-corrected chi connectivity index (χ2v) is 6.29. The summed E-state index contributed by atoms with van der Waals surface area (Å²) in [5, 5.41) is 7.18. The number of carbonyl (C=O) groups excluding carboxylic acids is 1. The molecule has 1 heterocycles. The Labute approximate surface area is 137 Å². The Balaban J connectivity index is 1.93. The predicted molar refractivity (Wildman–Crippen MR) is 89.0 cm³/mol. The smallest absolute Gasteiger partial charge is 0.220 e. The number of piperidine rings is 1. The summed E-state index contributed by atoms with van der Waals surface area (Å²) in [7, 11) is 1.68. The van der Waals surface area contributed by atoms with Crippen molar-refractivity contribution < 1.29 is 9.53 Å². The van der Waals surface area contributed by atoms with Crippen LogP contribution in [0.4, 0.5) is 0 Å². The molecule has 1 aromatic rings. The zero-order valence-corrected chi connectivity index (χ0v) is 13.9. The van der Waals surface area contributed by atoms with Crippen LogP contribution >= 0.6 is 11.6 Å². The molecule has 1 fully saturated rings. The van der Waals surface area contributed by atoms with Gasteiger partial charge in [0.2, 0.25) is 5.91 Å². The van der Waals surface area contributed by atoms with Crippen molar-refractivity contribution in [3.05, 3.63) is 34.9 Å². The van der Waals surface area contributed by atoms with Gasteiger partial charge in [-0.25, -0.2) is 0 Å². The molecule has 2 rings (SSSR count). The third-order valence-corrected chi connectivity index (χ3v) is 4.40. The van der Waals surface area contributed by atoms with Crippen molar-refractivity contribution in [3.8, 4) is 0 Å². The molecule has 0 radical (unpaired) electrons. The highest BCUT2D eigenvalue weighted by Gasteiger charge is 2.20. The van der Waals surface area contributed by atoms with Crippen molar-refractivity contribution >= 4 is 17.5 Å². The molecule has 122 valence electrons. The molecule has 1 aliphatic rings. The monoisotopic (exact) mass is 324 g/mol. The van der Waals surface area contributed by atoms with Crippen LogP contribution in [0.5, 0.6) is 0 Å². The van der Waals surface area contributed by atoms with E-state index >= 15 is 0 Å². The average molecular weight is 325 g/mol. The lowest BCUT2D eigenvalue weighted by Crippen LogP contribution is -2.34. The molecule has 1 amide bonds. The van der Waals surface area contributed by atoms with E-state index in [1.54, 1.807) is 7.11 Å². The molecule has 1 aromatic carbocycles. The molecule has 1 saturated heterocycles. The van der Waals surface area contributed by atoms with E-state index in [1.165, 1.54) is 0 Å². The first-order chi connectivity index (χ1) is 10.7. The molecule has 0 bridgehead atoms. The number of ether oxygens (including phenoxy) is 1. The molecule has 0 saturated carbocycles. The van der Waals surface area contributed by atoms with E-state index in [9.17, 15) is 4.79 Å². The second-order valence-electron chi connectivity index (χ2n) is 5.85. The number of hydrogen-bond acceptors (Lipinski definition) is 3. The highest BCUT2D eigenvalue weighted by molar-refractivity contribution is 6.30. The number of carbonyl (C=O) groups is 1. The van der Waals surface area contributed by atoms with Crippen LogP contribution in [0.1, 0.15) is 37.3 Å². The van der Waals surface area contributed by atoms with Gasteiger partial charge in [0.05, 0.1) is 6.04 Å². The molecular formula is C17H25ClN2O2. The van der Waals surface area contributed by atoms with Crippen LogP contribution in [-0.2, 0) is 9.53 Å². The highest BCUT2D eigenvalue weighted by atomic mass is 35.5. The highest BCUT2D eigenvalue weighted by Crippen LogP contribution is 2.21. The number of amides is 1. The van der Waals surface area contributed by atoms with Crippen molar-refractivity contribution in [3.63, 3.8) is 0 Å². The molecule has 1 aliphatic heterocycles. The first-order valence-electron chi connectivity index (χ1n) is 7.93. The van der Waals surface area contributed by atoms with Gasteiger partial charge < -0.3 is 15.4 Å². The van der Waals surface area contributed by atoms with Crippen LogP contribution in [0.15, 0.2) is 24.3 Å². The Bertz CT molecular complexity index is 458. The summed E-state index contributed by atoms with van der Waals surface area (Å²) < 4.78 is 5.16. The average Bonchev–Trinajstić information content (AvgIpc) is 2.53. The summed E-state index contributed by atoms with van der Waals surface area (Å²) >= 11 is 5.94. The minimum atomic E-state index is -0.0218. The fraction of sp³-hybridized carbons (Fsp3) is 0.588. The standard InChI is InChI=1S/C17H25ClN2O2/c1-22-11-8-16(14-2-4-15(18)5-3-14)20-17(21)12-13-6-9-19-10-7-13/h2-5,13,16,19H,6-12H2,1H3,(H,20,21). The molecule has 0 aromatic heterocycles. The van der Waals surface area contributed by atoms with Crippen molar-refractivity contribution in [2.75, 3.05) is 26.8 Å². The fourth-order valence-corrected chi connectivity index (χ4v) is 2.98. The predicted octanol–water partition coefficient (Wildman–Crippen LogP) is 2.92. The first kappa shape index (κ1) is 17.3. The van der Waals surface area contributed by atoms with Gasteiger partial charge in [-0.15, -0.1) is 0 Å². The Kier molecular flexibility index (Phi) is 7.16. The molecule has 22 heavy (non-hydrogen) atoms. The van der Waals surface area contributed by atoms with Crippen LogP contribution in [-0.4, -0.2) is 32.7 Å². The Morgan fingerprint density at radius 1 is 1.36 bits per heavy atom. The molecule has 0 aliphatic carbocycles. The Hall–Kier alpha value is -1.10. The van der Waals surface area contributed by atoms with Gasteiger partial charge in [-0.05, 0) is 56.0 Å². The zero-order chi connectivity index (χ0) is 15.8. The lowest BCUT2D eigenvalue weighted by atomic mass is 9.94. The minimum absolute atomic E-state index is 0.0218. The molecule has 0 spiro atoms. The number of benzene rings is 1. The van der Waals surface area contributed by atoms with Crippen molar-refractivity contribution in [2.45, 2.75) is 31.7 Å². The number of methoxy groups -OCH3 is 1. The summed E-state index contributed by atoms with van der Waals surface area (Å²) in [5.41, 5.74) is 1.07. The fourth-order valence-electron chi connectivity index (χ4n) is 2.85. The topological polar surface area (TPSA) is 50.4 Å². The van der Waals surface area contributed by atoms with Crippen LogP contribution in [0.25, 0.3) is 0 Å². The molecule has 1 atom stereocenters. The van der Waals surface area contributed by atoms with Crippen LogP contribution < -0.4 is 10.6 Å². The Morgan fingerprint density at radius 2 is 2.05 bits per heavy atom. The van der Waals surface area contributed by atoms with E-state index in [4.69, 9.17) is 16.3 Å². The maximum Gasteiger partial charge on any atom is 0.220 e. The van der Waals surface area contributed by atoms with Gasteiger partial charge in [0.25, 0.3) is 0 Å². The van der Waals surface area contributed by atoms with E-state index in [2.05, 4.69) is 10.6 Å². The maximum atomic E-state index is 12.3. The molecule has 4 nitrogen and oxygen atoms in total. The SMILES string of the molecule is COCCC(NC(=O)CC1CCNCC1)c1ccc(Cl)cc1. The number of nitrogens with one attached hydrogen (secondary N) is 2. The van der Waals surface area contributed by atoms with E-state index in [-0.39, 0.29) is 11.9 Å². The van der Waals surface area contributed by atoms with Gasteiger partial charge in [-0.3, -0.25) is 4.79 Å². The largest absolute Gasteiger partial charge is 0.385 e. The van der Waals surface area contributed by atoms with Crippen molar-refractivity contribution in [2.24, 2.45) is 5.92 Å². The summed E-state index contributed by atoms with van der Waals surface area (Å²) in [6.07, 6.45) is 3.53. The van der Waals surface area contributed by atoms with Gasteiger partial charge in [0, 0.05) is 25.2 Å². The lowest BCUT2D eigenvalue weighted by Gasteiger charge is -2.24. The number of rotatable bonds is 7. The number of halogens is 1. The lowest BCUT2D eigenvalue weighted by molar-refractivity contribution is -0.123. The molecule has 5 heteroatoms. The summed E-state index contributed by atoms with van der Waals surface area (Å²) in [4.78, 5) is 12.3. The van der Waals surface area contributed by atoms with Gasteiger partial charge >= 0.3 is 0 Å². The van der Waals surface area contributed by atoms with E-state index in [0.717, 1.165) is 37.9 Å². The van der Waals surface area contributed by atoms with E-state index in [0.29, 0.717) is 24.0 Å². The van der Waals surface area contributed by atoms with Crippen molar-refractivity contribution in [1.82, 2.24) is 10.6 Å². The van der Waals surface area contributed by atoms with E-state index in [1.807, 2.05) is 24.3 Å². The third kappa shape index (κ3) is 5.59. The van der Waals surface area contributed by atoms with Crippen LogP contribution in [0.2, 0.25) is 5.02 Å². The first-order valence-corrected chi connectivity index (χ1v) is 8.31. The molecule has 2 N–H and O–H groups in total.